The first-order valence-corrected chi connectivity index (χ1v) is 7.24. The second kappa shape index (κ2) is 5.55. The van der Waals surface area contributed by atoms with Crippen LogP contribution in [-0.2, 0) is 6.42 Å². The van der Waals surface area contributed by atoms with Crippen LogP contribution in [0.5, 0.6) is 0 Å². The molecule has 0 aliphatic heterocycles. The number of halogens is 2. The molecule has 0 amide bonds. The highest BCUT2D eigenvalue weighted by atomic mass is 35.5. The number of rotatable bonds is 4. The Balaban J connectivity index is 1.82. The average Bonchev–Trinajstić information content (AvgIpc) is 3.27. The summed E-state index contributed by atoms with van der Waals surface area (Å²) in [5.74, 6) is 0.168. The lowest BCUT2D eigenvalue weighted by Gasteiger charge is -2.15. The van der Waals surface area contributed by atoms with Crippen molar-refractivity contribution in [1.29, 1.82) is 0 Å². The first-order valence-electron chi connectivity index (χ1n) is 6.86. The summed E-state index contributed by atoms with van der Waals surface area (Å²) in [6.45, 7) is 0. The third-order valence-corrected chi connectivity index (χ3v) is 4.07. The number of hydrogen-bond donors (Lipinski definition) is 1. The molecule has 2 aromatic rings. The lowest BCUT2D eigenvalue weighted by Crippen LogP contribution is -2.05. The monoisotopic (exact) mass is 290 g/mol. The van der Waals surface area contributed by atoms with E-state index in [-0.39, 0.29) is 5.02 Å². The van der Waals surface area contributed by atoms with Crippen molar-refractivity contribution in [2.45, 2.75) is 31.3 Å². The minimum absolute atomic E-state index is 0.102. The van der Waals surface area contributed by atoms with E-state index in [0.717, 1.165) is 11.1 Å². The van der Waals surface area contributed by atoms with Crippen molar-refractivity contribution in [3.63, 3.8) is 0 Å². The van der Waals surface area contributed by atoms with Gasteiger partial charge in [-0.25, -0.2) is 4.39 Å². The lowest BCUT2D eigenvalue weighted by molar-refractivity contribution is 0.177. The molecule has 1 saturated carbocycles. The minimum atomic E-state index is -0.576. The predicted molar refractivity (Wildman–Crippen MR) is 78.5 cm³/mol. The first kappa shape index (κ1) is 13.6. The van der Waals surface area contributed by atoms with Crippen LogP contribution in [0.2, 0.25) is 5.02 Å². The third kappa shape index (κ3) is 2.87. The quantitative estimate of drug-likeness (QED) is 0.870. The second-order valence-corrected chi connectivity index (χ2v) is 5.78. The summed E-state index contributed by atoms with van der Waals surface area (Å²) in [5.41, 5.74) is 3.07. The fourth-order valence-electron chi connectivity index (χ4n) is 2.58. The van der Waals surface area contributed by atoms with Crippen molar-refractivity contribution in [2.24, 2.45) is 0 Å². The van der Waals surface area contributed by atoms with Gasteiger partial charge in [-0.05, 0) is 47.6 Å². The highest BCUT2D eigenvalue weighted by molar-refractivity contribution is 6.30. The van der Waals surface area contributed by atoms with E-state index in [1.54, 1.807) is 12.1 Å². The summed E-state index contributed by atoms with van der Waals surface area (Å²) in [7, 11) is 0. The number of aliphatic hydroxyl groups is 1. The van der Waals surface area contributed by atoms with Gasteiger partial charge in [0.05, 0.1) is 11.1 Å². The molecule has 2 aromatic carbocycles. The van der Waals surface area contributed by atoms with Crippen LogP contribution in [0.1, 0.15) is 41.6 Å². The smallest absolute Gasteiger partial charge is 0.141 e. The minimum Gasteiger partial charge on any atom is -0.388 e. The van der Waals surface area contributed by atoms with Gasteiger partial charge in [-0.2, -0.15) is 0 Å². The Morgan fingerprint density at radius 1 is 1.20 bits per heavy atom. The third-order valence-electron chi connectivity index (χ3n) is 3.79. The van der Waals surface area contributed by atoms with Crippen LogP contribution in [0, 0.1) is 5.82 Å². The molecule has 0 saturated heterocycles. The first-order chi connectivity index (χ1) is 9.65. The van der Waals surface area contributed by atoms with Crippen molar-refractivity contribution in [1.82, 2.24) is 0 Å². The van der Waals surface area contributed by atoms with E-state index in [2.05, 4.69) is 6.07 Å². The molecular formula is C17H16ClFO. The molecule has 1 N–H and O–H groups in total. The van der Waals surface area contributed by atoms with Gasteiger partial charge in [0, 0.05) is 6.42 Å². The normalized spacial score (nSPS) is 16.1. The molecule has 104 valence electrons. The lowest BCUT2D eigenvalue weighted by atomic mass is 9.95. The van der Waals surface area contributed by atoms with Gasteiger partial charge in [0.15, 0.2) is 0 Å². The largest absolute Gasteiger partial charge is 0.388 e. The molecule has 0 heterocycles. The zero-order chi connectivity index (χ0) is 14.1. The zero-order valence-corrected chi connectivity index (χ0v) is 11.8. The number of benzene rings is 2. The molecule has 1 unspecified atom stereocenters. The Labute approximate surface area is 123 Å². The maximum absolute atomic E-state index is 13.1. The number of aliphatic hydroxyl groups excluding tert-OH is 1. The molecule has 0 bridgehead atoms. The SMILES string of the molecule is OC(Cc1ccc(F)c(Cl)c1)c1ccccc1C1CC1. The molecule has 1 aliphatic carbocycles. The van der Waals surface area contributed by atoms with Gasteiger partial charge in [-0.3, -0.25) is 0 Å². The Bertz CT molecular complexity index is 622. The van der Waals surface area contributed by atoms with Crippen LogP contribution < -0.4 is 0 Å². The van der Waals surface area contributed by atoms with Crippen molar-refractivity contribution < 1.29 is 9.50 Å². The van der Waals surface area contributed by atoms with Crippen LogP contribution >= 0.6 is 11.6 Å². The van der Waals surface area contributed by atoms with Gasteiger partial charge in [0.1, 0.15) is 5.82 Å². The standard InChI is InChI=1S/C17H16ClFO/c18-15-9-11(5-8-16(15)19)10-17(20)14-4-2-1-3-13(14)12-6-7-12/h1-5,8-9,12,17,20H,6-7,10H2. The van der Waals surface area contributed by atoms with Crippen LogP contribution in [0.3, 0.4) is 0 Å². The van der Waals surface area contributed by atoms with Crippen molar-refractivity contribution in [3.8, 4) is 0 Å². The van der Waals surface area contributed by atoms with Gasteiger partial charge < -0.3 is 5.11 Å². The second-order valence-electron chi connectivity index (χ2n) is 5.37. The van der Waals surface area contributed by atoms with E-state index >= 15 is 0 Å². The molecule has 3 rings (SSSR count). The molecule has 0 radical (unpaired) electrons. The Morgan fingerprint density at radius 2 is 1.95 bits per heavy atom. The molecule has 0 spiro atoms. The zero-order valence-electron chi connectivity index (χ0n) is 11.0. The van der Waals surface area contributed by atoms with Gasteiger partial charge in [0.25, 0.3) is 0 Å². The van der Waals surface area contributed by atoms with Crippen LogP contribution in [-0.4, -0.2) is 5.11 Å². The van der Waals surface area contributed by atoms with Crippen LogP contribution in [0.25, 0.3) is 0 Å². The Morgan fingerprint density at radius 3 is 2.65 bits per heavy atom. The summed E-state index contributed by atoms with van der Waals surface area (Å²) in [6.07, 6.45) is 2.27. The van der Waals surface area contributed by atoms with E-state index < -0.39 is 11.9 Å². The molecule has 1 nitrogen and oxygen atoms in total. The molecule has 20 heavy (non-hydrogen) atoms. The van der Waals surface area contributed by atoms with Gasteiger partial charge in [-0.1, -0.05) is 41.9 Å². The average molecular weight is 291 g/mol. The molecular weight excluding hydrogens is 275 g/mol. The highest BCUT2D eigenvalue weighted by Gasteiger charge is 2.27. The van der Waals surface area contributed by atoms with Crippen LogP contribution in [0.15, 0.2) is 42.5 Å². The summed E-state index contributed by atoms with van der Waals surface area (Å²) in [6, 6.07) is 12.6. The van der Waals surface area contributed by atoms with Gasteiger partial charge in [0.2, 0.25) is 0 Å². The van der Waals surface area contributed by atoms with E-state index in [1.165, 1.54) is 24.5 Å². The van der Waals surface area contributed by atoms with Gasteiger partial charge >= 0.3 is 0 Å². The predicted octanol–water partition coefficient (Wildman–Crippen LogP) is 4.63. The fraction of sp³-hybridized carbons (Fsp3) is 0.294. The van der Waals surface area contributed by atoms with E-state index in [9.17, 15) is 9.50 Å². The summed E-state index contributed by atoms with van der Waals surface area (Å²) in [5, 5.41) is 10.6. The Hall–Kier alpha value is -1.38. The van der Waals surface area contributed by atoms with E-state index in [0.29, 0.717) is 12.3 Å². The van der Waals surface area contributed by atoms with Crippen molar-refractivity contribution >= 4 is 11.6 Å². The van der Waals surface area contributed by atoms with Gasteiger partial charge in [-0.15, -0.1) is 0 Å². The highest BCUT2D eigenvalue weighted by Crippen LogP contribution is 2.43. The summed E-state index contributed by atoms with van der Waals surface area (Å²) in [4.78, 5) is 0. The molecule has 3 heteroatoms. The maximum Gasteiger partial charge on any atom is 0.141 e. The van der Waals surface area contributed by atoms with E-state index in [1.807, 2.05) is 18.2 Å². The molecule has 1 fully saturated rings. The fourth-order valence-corrected chi connectivity index (χ4v) is 2.78. The summed E-state index contributed by atoms with van der Waals surface area (Å²) >= 11 is 5.78. The maximum atomic E-state index is 13.1. The molecule has 1 atom stereocenters. The summed E-state index contributed by atoms with van der Waals surface area (Å²) < 4.78 is 13.1. The van der Waals surface area contributed by atoms with Crippen molar-refractivity contribution in [2.75, 3.05) is 0 Å². The van der Waals surface area contributed by atoms with E-state index in [4.69, 9.17) is 11.6 Å². The molecule has 1 aliphatic rings. The van der Waals surface area contributed by atoms with Crippen molar-refractivity contribution in [3.05, 3.63) is 70.0 Å². The molecule has 0 aromatic heterocycles. The number of hydrogen-bond acceptors (Lipinski definition) is 1. The van der Waals surface area contributed by atoms with Crippen LogP contribution in [0.4, 0.5) is 4.39 Å². The Kier molecular flexibility index (Phi) is 3.77. The topological polar surface area (TPSA) is 20.2 Å².